The molecule has 0 fully saturated rings. The van der Waals surface area contributed by atoms with Crippen LogP contribution in [0.4, 0.5) is 0 Å². The molecule has 4 N–H and O–H groups in total. The van der Waals surface area contributed by atoms with Crippen LogP contribution in [0.25, 0.3) is 0 Å². The molecule has 0 aliphatic carbocycles. The first kappa shape index (κ1) is 13.7. The third kappa shape index (κ3) is 5.14. The summed E-state index contributed by atoms with van der Waals surface area (Å²) >= 11 is 0. The highest BCUT2D eigenvalue weighted by atomic mass is 16.2. The topological polar surface area (TPSA) is 84.2 Å². The minimum absolute atomic E-state index is 0.0714. The van der Waals surface area contributed by atoms with Crippen LogP contribution in [0.3, 0.4) is 0 Å². The zero-order chi connectivity index (χ0) is 13.2. The molecule has 0 radical (unpaired) electrons. The Bertz CT molecular complexity index is 460. The molecule has 18 heavy (non-hydrogen) atoms. The van der Waals surface area contributed by atoms with Crippen molar-refractivity contribution >= 4 is 11.8 Å². The van der Waals surface area contributed by atoms with E-state index in [-0.39, 0.29) is 31.4 Å². The van der Waals surface area contributed by atoms with E-state index in [1.807, 2.05) is 6.07 Å². The van der Waals surface area contributed by atoms with Gasteiger partial charge in [-0.1, -0.05) is 30.0 Å². The number of carbonyl (C=O) groups excluding carboxylic acids is 2. The Morgan fingerprint density at radius 2 is 1.83 bits per heavy atom. The summed E-state index contributed by atoms with van der Waals surface area (Å²) in [7, 11) is 0. The summed E-state index contributed by atoms with van der Waals surface area (Å²) in [5, 5.41) is 5.06. The van der Waals surface area contributed by atoms with E-state index in [1.54, 1.807) is 24.3 Å². The fourth-order valence-corrected chi connectivity index (χ4v) is 1.19. The maximum atomic E-state index is 11.6. The maximum Gasteiger partial charge on any atom is 0.251 e. The molecule has 0 unspecified atom stereocenters. The fraction of sp³-hybridized carbons (Fsp3) is 0.231. The molecule has 94 valence electrons. The first-order valence-electron chi connectivity index (χ1n) is 5.49. The lowest BCUT2D eigenvalue weighted by Gasteiger charge is -2.04. The second kappa shape index (κ2) is 7.87. The van der Waals surface area contributed by atoms with E-state index in [0.29, 0.717) is 5.56 Å². The van der Waals surface area contributed by atoms with Crippen LogP contribution in [-0.2, 0) is 4.79 Å². The first-order chi connectivity index (χ1) is 8.74. The normalized spacial score (nSPS) is 8.94. The Morgan fingerprint density at radius 3 is 2.50 bits per heavy atom. The number of nitrogens with two attached hydrogens (primary N) is 1. The summed E-state index contributed by atoms with van der Waals surface area (Å²) < 4.78 is 0. The summed E-state index contributed by atoms with van der Waals surface area (Å²) in [4.78, 5) is 22.9. The lowest BCUT2D eigenvalue weighted by atomic mass is 10.2. The Kier molecular flexibility index (Phi) is 6.01. The second-order valence-corrected chi connectivity index (χ2v) is 3.38. The average Bonchev–Trinajstić information content (AvgIpc) is 2.42. The van der Waals surface area contributed by atoms with Crippen LogP contribution < -0.4 is 16.4 Å². The van der Waals surface area contributed by atoms with E-state index in [9.17, 15) is 9.59 Å². The van der Waals surface area contributed by atoms with Gasteiger partial charge in [0.25, 0.3) is 5.91 Å². The Hall–Kier alpha value is -2.32. The van der Waals surface area contributed by atoms with Gasteiger partial charge in [-0.3, -0.25) is 9.59 Å². The van der Waals surface area contributed by atoms with Crippen molar-refractivity contribution in [2.45, 2.75) is 0 Å². The largest absolute Gasteiger partial charge is 0.344 e. The predicted molar refractivity (Wildman–Crippen MR) is 68.6 cm³/mol. The molecule has 0 saturated carbocycles. The van der Waals surface area contributed by atoms with Gasteiger partial charge in [0.05, 0.1) is 19.6 Å². The first-order valence-corrected chi connectivity index (χ1v) is 5.49. The number of benzene rings is 1. The minimum atomic E-state index is -0.286. The smallest absolute Gasteiger partial charge is 0.251 e. The molecule has 1 aromatic rings. The van der Waals surface area contributed by atoms with Crippen LogP contribution in [0.1, 0.15) is 10.4 Å². The summed E-state index contributed by atoms with van der Waals surface area (Å²) in [5.41, 5.74) is 5.69. The van der Waals surface area contributed by atoms with Crippen molar-refractivity contribution < 1.29 is 9.59 Å². The lowest BCUT2D eigenvalue weighted by molar-refractivity contribution is -0.119. The fourth-order valence-electron chi connectivity index (χ4n) is 1.19. The van der Waals surface area contributed by atoms with Crippen LogP contribution >= 0.6 is 0 Å². The van der Waals surface area contributed by atoms with Gasteiger partial charge in [0.1, 0.15) is 0 Å². The van der Waals surface area contributed by atoms with E-state index in [1.165, 1.54) is 0 Å². The van der Waals surface area contributed by atoms with Gasteiger partial charge in [-0.05, 0) is 12.1 Å². The molecule has 5 heteroatoms. The molecule has 0 aromatic heterocycles. The molecule has 2 amide bonds. The zero-order valence-corrected chi connectivity index (χ0v) is 9.90. The van der Waals surface area contributed by atoms with E-state index < -0.39 is 0 Å². The molecule has 0 aliphatic rings. The third-order valence-electron chi connectivity index (χ3n) is 2.05. The Balaban J connectivity index is 2.28. The SMILES string of the molecule is NCC#CCNC(=O)CNC(=O)c1ccccc1. The predicted octanol–water partition coefficient (Wildman–Crippen LogP) is -0.505. The monoisotopic (exact) mass is 245 g/mol. The van der Waals surface area contributed by atoms with Crippen molar-refractivity contribution in [1.82, 2.24) is 10.6 Å². The van der Waals surface area contributed by atoms with E-state index in [2.05, 4.69) is 22.5 Å². The molecule has 0 spiro atoms. The van der Waals surface area contributed by atoms with Gasteiger partial charge in [-0.25, -0.2) is 0 Å². The molecule has 0 bridgehead atoms. The van der Waals surface area contributed by atoms with Crippen LogP contribution in [-0.4, -0.2) is 31.4 Å². The van der Waals surface area contributed by atoms with Gasteiger partial charge in [0.15, 0.2) is 0 Å². The van der Waals surface area contributed by atoms with Crippen LogP contribution in [0.2, 0.25) is 0 Å². The molecule has 1 rings (SSSR count). The highest BCUT2D eigenvalue weighted by Crippen LogP contribution is 1.96. The van der Waals surface area contributed by atoms with Crippen LogP contribution in [0.15, 0.2) is 30.3 Å². The summed E-state index contributed by atoms with van der Waals surface area (Å²) in [5.74, 6) is 4.72. The number of hydrogen-bond donors (Lipinski definition) is 3. The summed E-state index contributed by atoms with van der Waals surface area (Å²) in [6.45, 7) is 0.426. The zero-order valence-electron chi connectivity index (χ0n) is 9.90. The van der Waals surface area contributed by atoms with Crippen molar-refractivity contribution in [3.8, 4) is 11.8 Å². The van der Waals surface area contributed by atoms with E-state index in [0.717, 1.165) is 0 Å². The lowest BCUT2D eigenvalue weighted by Crippen LogP contribution is -2.37. The van der Waals surface area contributed by atoms with Gasteiger partial charge < -0.3 is 16.4 Å². The van der Waals surface area contributed by atoms with E-state index in [4.69, 9.17) is 5.73 Å². The number of amides is 2. The molecule has 5 nitrogen and oxygen atoms in total. The third-order valence-corrected chi connectivity index (χ3v) is 2.05. The van der Waals surface area contributed by atoms with Crippen LogP contribution in [0, 0.1) is 11.8 Å². The summed E-state index contributed by atoms with van der Waals surface area (Å²) in [6, 6.07) is 8.70. The molecular weight excluding hydrogens is 230 g/mol. The Morgan fingerprint density at radius 1 is 1.11 bits per heavy atom. The van der Waals surface area contributed by atoms with Crippen molar-refractivity contribution in [2.24, 2.45) is 5.73 Å². The molecular formula is C13H15N3O2. The van der Waals surface area contributed by atoms with E-state index >= 15 is 0 Å². The number of hydrogen-bond acceptors (Lipinski definition) is 3. The highest BCUT2D eigenvalue weighted by molar-refractivity contribution is 5.96. The van der Waals surface area contributed by atoms with Crippen molar-refractivity contribution in [3.63, 3.8) is 0 Å². The average molecular weight is 245 g/mol. The highest BCUT2D eigenvalue weighted by Gasteiger charge is 2.06. The van der Waals surface area contributed by atoms with Crippen LogP contribution in [0.5, 0.6) is 0 Å². The minimum Gasteiger partial charge on any atom is -0.344 e. The number of nitrogens with one attached hydrogen (secondary N) is 2. The molecule has 0 saturated heterocycles. The number of rotatable bonds is 4. The maximum absolute atomic E-state index is 11.6. The van der Waals surface area contributed by atoms with Gasteiger partial charge >= 0.3 is 0 Å². The molecule has 1 aromatic carbocycles. The number of carbonyl (C=O) groups is 2. The molecule has 0 atom stereocenters. The van der Waals surface area contributed by atoms with Crippen molar-refractivity contribution in [2.75, 3.05) is 19.6 Å². The Labute approximate surface area is 106 Å². The summed E-state index contributed by atoms with van der Waals surface area (Å²) in [6.07, 6.45) is 0. The van der Waals surface area contributed by atoms with Gasteiger partial charge in [-0.2, -0.15) is 0 Å². The standard InChI is InChI=1S/C13H15N3O2/c14-8-4-5-9-15-12(17)10-16-13(18)11-6-2-1-3-7-11/h1-3,6-7H,8-10,14H2,(H,15,17)(H,16,18). The van der Waals surface area contributed by atoms with Gasteiger partial charge in [0.2, 0.25) is 5.91 Å². The van der Waals surface area contributed by atoms with Crippen molar-refractivity contribution in [1.29, 1.82) is 0 Å². The molecule has 0 heterocycles. The van der Waals surface area contributed by atoms with Crippen molar-refractivity contribution in [3.05, 3.63) is 35.9 Å². The quantitative estimate of drug-likeness (QED) is 0.625. The van der Waals surface area contributed by atoms with Gasteiger partial charge in [0, 0.05) is 5.56 Å². The second-order valence-electron chi connectivity index (χ2n) is 3.38. The molecule has 0 aliphatic heterocycles. The van der Waals surface area contributed by atoms with Gasteiger partial charge in [-0.15, -0.1) is 0 Å².